The minimum atomic E-state index is -0.629. The van der Waals surface area contributed by atoms with Crippen molar-refractivity contribution in [2.45, 2.75) is 51.0 Å². The van der Waals surface area contributed by atoms with E-state index in [0.29, 0.717) is 12.3 Å². The Balaban J connectivity index is 2.11. The fourth-order valence-corrected chi connectivity index (χ4v) is 3.40. The van der Waals surface area contributed by atoms with E-state index in [1.807, 2.05) is 0 Å². The van der Waals surface area contributed by atoms with Gasteiger partial charge < -0.3 is 5.11 Å². The first kappa shape index (κ1) is 10.9. The van der Waals surface area contributed by atoms with Crippen LogP contribution in [-0.4, -0.2) is 34.6 Å². The summed E-state index contributed by atoms with van der Waals surface area (Å²) in [7, 11) is 0. The van der Waals surface area contributed by atoms with Crippen LogP contribution in [0.15, 0.2) is 0 Å². The Morgan fingerprint density at radius 3 is 2.60 bits per heavy atom. The van der Waals surface area contributed by atoms with Crippen molar-refractivity contribution >= 4 is 5.97 Å². The van der Waals surface area contributed by atoms with Gasteiger partial charge in [0, 0.05) is 5.54 Å². The van der Waals surface area contributed by atoms with Crippen molar-refractivity contribution in [2.24, 2.45) is 5.92 Å². The third-order valence-corrected chi connectivity index (χ3v) is 4.09. The molecule has 0 spiro atoms. The highest BCUT2D eigenvalue weighted by molar-refractivity contribution is 5.68. The molecule has 1 saturated carbocycles. The quantitative estimate of drug-likeness (QED) is 0.777. The normalized spacial score (nSPS) is 37.3. The molecule has 15 heavy (non-hydrogen) atoms. The molecular formula is C12H21NO2. The first-order valence-electron chi connectivity index (χ1n) is 6.09. The van der Waals surface area contributed by atoms with Crippen LogP contribution in [0.1, 0.15) is 45.4 Å². The molecule has 2 atom stereocenters. The molecule has 0 amide bonds. The smallest absolute Gasteiger partial charge is 0.305 e. The zero-order valence-corrected chi connectivity index (χ0v) is 9.54. The molecule has 0 bridgehead atoms. The highest BCUT2D eigenvalue weighted by atomic mass is 16.4. The predicted molar refractivity (Wildman–Crippen MR) is 58.8 cm³/mol. The Labute approximate surface area is 91.5 Å². The van der Waals surface area contributed by atoms with Gasteiger partial charge in [-0.1, -0.05) is 6.92 Å². The van der Waals surface area contributed by atoms with Gasteiger partial charge in [-0.15, -0.1) is 0 Å². The van der Waals surface area contributed by atoms with Crippen LogP contribution >= 0.6 is 0 Å². The Morgan fingerprint density at radius 2 is 2.13 bits per heavy atom. The molecule has 1 aliphatic carbocycles. The first-order chi connectivity index (χ1) is 7.12. The van der Waals surface area contributed by atoms with Gasteiger partial charge in [0.1, 0.15) is 0 Å². The minimum absolute atomic E-state index is 0.00174. The molecule has 2 rings (SSSR count). The van der Waals surface area contributed by atoms with Crippen molar-refractivity contribution in [1.82, 2.24) is 4.90 Å². The van der Waals surface area contributed by atoms with Gasteiger partial charge in [0.05, 0.1) is 6.42 Å². The average molecular weight is 211 g/mol. The maximum absolute atomic E-state index is 11.0. The van der Waals surface area contributed by atoms with E-state index >= 15 is 0 Å². The number of likely N-dealkylation sites (tertiary alicyclic amines) is 1. The topological polar surface area (TPSA) is 40.5 Å². The number of carboxylic acids is 1. The fourth-order valence-electron chi connectivity index (χ4n) is 3.40. The summed E-state index contributed by atoms with van der Waals surface area (Å²) in [5.74, 6) is 0.0703. The third-order valence-electron chi connectivity index (χ3n) is 4.09. The first-order valence-corrected chi connectivity index (χ1v) is 6.09. The van der Waals surface area contributed by atoms with Gasteiger partial charge in [0.2, 0.25) is 0 Å². The summed E-state index contributed by atoms with van der Waals surface area (Å²) in [6.45, 7) is 4.47. The fraction of sp³-hybridized carbons (Fsp3) is 0.917. The molecule has 2 unspecified atom stereocenters. The van der Waals surface area contributed by atoms with Gasteiger partial charge in [0.15, 0.2) is 0 Å². The molecule has 1 N–H and O–H groups in total. The lowest BCUT2D eigenvalue weighted by Gasteiger charge is -2.38. The van der Waals surface area contributed by atoms with E-state index in [0.717, 1.165) is 25.9 Å². The molecule has 3 nitrogen and oxygen atoms in total. The van der Waals surface area contributed by atoms with Crippen LogP contribution < -0.4 is 0 Å². The van der Waals surface area contributed by atoms with Crippen molar-refractivity contribution in [1.29, 1.82) is 0 Å². The van der Waals surface area contributed by atoms with E-state index in [1.165, 1.54) is 19.3 Å². The van der Waals surface area contributed by atoms with Gasteiger partial charge >= 0.3 is 5.97 Å². The van der Waals surface area contributed by atoms with Crippen LogP contribution in [0.4, 0.5) is 0 Å². The Morgan fingerprint density at radius 1 is 1.47 bits per heavy atom. The highest BCUT2D eigenvalue weighted by Crippen LogP contribution is 2.42. The van der Waals surface area contributed by atoms with Crippen LogP contribution in [0, 0.1) is 5.92 Å². The van der Waals surface area contributed by atoms with E-state index in [2.05, 4.69) is 11.8 Å². The van der Waals surface area contributed by atoms with Gasteiger partial charge in [-0.3, -0.25) is 9.69 Å². The largest absolute Gasteiger partial charge is 0.481 e. The number of carboxylic acid groups (broad SMARTS) is 1. The number of hydrogen-bond donors (Lipinski definition) is 1. The van der Waals surface area contributed by atoms with Gasteiger partial charge in [-0.05, 0) is 51.1 Å². The Kier molecular flexibility index (Phi) is 3.01. The molecule has 1 saturated heterocycles. The minimum Gasteiger partial charge on any atom is -0.481 e. The molecule has 2 fully saturated rings. The number of carbonyl (C=O) groups is 1. The lowest BCUT2D eigenvalue weighted by atomic mass is 9.90. The molecule has 0 aromatic rings. The molecule has 2 aliphatic rings. The van der Waals surface area contributed by atoms with Crippen LogP contribution in [0.3, 0.4) is 0 Å². The molecule has 86 valence electrons. The molecule has 0 radical (unpaired) electrons. The Bertz CT molecular complexity index is 248. The summed E-state index contributed by atoms with van der Waals surface area (Å²) < 4.78 is 0. The lowest BCUT2D eigenvalue weighted by Crippen LogP contribution is -2.46. The van der Waals surface area contributed by atoms with Crippen LogP contribution in [0.5, 0.6) is 0 Å². The van der Waals surface area contributed by atoms with E-state index in [-0.39, 0.29) is 5.54 Å². The summed E-state index contributed by atoms with van der Waals surface area (Å²) in [6, 6.07) is 0. The standard InChI is InChI=1S/C12H21NO2/c1-10-4-5-12(8-10,9-11(14)15)13-6-2-3-7-13/h10H,2-9H2,1H3,(H,14,15). The Hall–Kier alpha value is -0.570. The van der Waals surface area contributed by atoms with Crippen molar-refractivity contribution in [2.75, 3.05) is 13.1 Å². The molecule has 0 aromatic heterocycles. The summed E-state index contributed by atoms with van der Waals surface area (Å²) in [5, 5.41) is 9.06. The van der Waals surface area contributed by atoms with Gasteiger partial charge in [0.25, 0.3) is 0 Å². The molecule has 1 heterocycles. The van der Waals surface area contributed by atoms with E-state index in [9.17, 15) is 4.79 Å². The van der Waals surface area contributed by atoms with Crippen LogP contribution in [0.2, 0.25) is 0 Å². The lowest BCUT2D eigenvalue weighted by molar-refractivity contribution is -0.140. The number of nitrogens with zero attached hydrogens (tertiary/aromatic N) is 1. The maximum atomic E-state index is 11.0. The molecule has 1 aliphatic heterocycles. The number of rotatable bonds is 3. The summed E-state index contributed by atoms with van der Waals surface area (Å²) in [5.41, 5.74) is 0.00174. The van der Waals surface area contributed by atoms with Crippen molar-refractivity contribution in [3.63, 3.8) is 0 Å². The van der Waals surface area contributed by atoms with Gasteiger partial charge in [-0.25, -0.2) is 0 Å². The van der Waals surface area contributed by atoms with Crippen molar-refractivity contribution in [3.05, 3.63) is 0 Å². The SMILES string of the molecule is CC1CCC(CC(=O)O)(N2CCCC2)C1. The number of hydrogen-bond acceptors (Lipinski definition) is 2. The molecular weight excluding hydrogens is 190 g/mol. The maximum Gasteiger partial charge on any atom is 0.305 e. The summed E-state index contributed by atoms with van der Waals surface area (Å²) in [6.07, 6.45) is 6.20. The summed E-state index contributed by atoms with van der Waals surface area (Å²) >= 11 is 0. The molecule has 3 heteroatoms. The second-order valence-corrected chi connectivity index (χ2v) is 5.34. The van der Waals surface area contributed by atoms with Crippen molar-refractivity contribution < 1.29 is 9.90 Å². The van der Waals surface area contributed by atoms with E-state index in [4.69, 9.17) is 5.11 Å². The second-order valence-electron chi connectivity index (χ2n) is 5.34. The van der Waals surface area contributed by atoms with E-state index < -0.39 is 5.97 Å². The third kappa shape index (κ3) is 2.17. The second kappa shape index (κ2) is 4.12. The summed E-state index contributed by atoms with van der Waals surface area (Å²) in [4.78, 5) is 13.4. The zero-order chi connectivity index (χ0) is 10.9. The van der Waals surface area contributed by atoms with E-state index in [1.54, 1.807) is 0 Å². The monoisotopic (exact) mass is 211 g/mol. The highest BCUT2D eigenvalue weighted by Gasteiger charge is 2.44. The van der Waals surface area contributed by atoms with Crippen LogP contribution in [0.25, 0.3) is 0 Å². The van der Waals surface area contributed by atoms with Gasteiger partial charge in [-0.2, -0.15) is 0 Å². The number of aliphatic carboxylic acids is 1. The zero-order valence-electron chi connectivity index (χ0n) is 9.54. The average Bonchev–Trinajstić information content (AvgIpc) is 2.74. The molecule has 0 aromatic carbocycles. The van der Waals surface area contributed by atoms with Crippen LogP contribution in [-0.2, 0) is 4.79 Å². The predicted octanol–water partition coefficient (Wildman–Crippen LogP) is 2.12. The van der Waals surface area contributed by atoms with Crippen molar-refractivity contribution in [3.8, 4) is 0 Å².